The number of aromatic nitrogens is 1. The van der Waals surface area contributed by atoms with Crippen molar-refractivity contribution in [3.05, 3.63) is 107 Å². The molecule has 0 bridgehead atoms. The highest BCUT2D eigenvalue weighted by Gasteiger charge is 2.24. The molecular weight excluding hydrogens is 458 g/mol. The van der Waals surface area contributed by atoms with E-state index < -0.39 is 23.8 Å². The smallest absolute Gasteiger partial charge is 0.326 e. The van der Waals surface area contributed by atoms with Crippen molar-refractivity contribution in [2.24, 2.45) is 0 Å². The zero-order valence-corrected chi connectivity index (χ0v) is 19.5. The first kappa shape index (κ1) is 24.3. The SMILES string of the molecule is COc1ccc(/C=C(\NC(=O)c2ccccc2)C(=O)NC(Cc2c[nH]c3ccccc23)C(=O)O)cc1. The Morgan fingerprint density at radius 2 is 1.67 bits per heavy atom. The van der Waals surface area contributed by atoms with Crippen LogP contribution in [0.5, 0.6) is 5.75 Å². The van der Waals surface area contributed by atoms with Gasteiger partial charge in [0.25, 0.3) is 11.8 Å². The summed E-state index contributed by atoms with van der Waals surface area (Å²) >= 11 is 0. The summed E-state index contributed by atoms with van der Waals surface area (Å²) in [4.78, 5) is 41.2. The van der Waals surface area contributed by atoms with Gasteiger partial charge in [-0.2, -0.15) is 0 Å². The number of methoxy groups -OCH3 is 1. The predicted molar refractivity (Wildman–Crippen MR) is 136 cm³/mol. The van der Waals surface area contributed by atoms with Gasteiger partial charge in [0.15, 0.2) is 0 Å². The summed E-state index contributed by atoms with van der Waals surface area (Å²) in [7, 11) is 1.55. The molecule has 1 atom stereocenters. The first-order valence-corrected chi connectivity index (χ1v) is 11.3. The van der Waals surface area contributed by atoms with Crippen molar-refractivity contribution in [1.29, 1.82) is 0 Å². The molecule has 0 saturated carbocycles. The molecular formula is C28H25N3O5. The lowest BCUT2D eigenvalue weighted by Gasteiger charge is -2.17. The number of benzene rings is 3. The number of aliphatic carboxylic acids is 1. The molecule has 4 aromatic rings. The Bertz CT molecular complexity index is 1410. The molecule has 0 aliphatic rings. The van der Waals surface area contributed by atoms with Crippen molar-refractivity contribution in [3.8, 4) is 5.75 Å². The number of aromatic amines is 1. The van der Waals surface area contributed by atoms with E-state index in [2.05, 4.69) is 15.6 Å². The van der Waals surface area contributed by atoms with Crippen LogP contribution in [-0.2, 0) is 16.0 Å². The van der Waals surface area contributed by atoms with Crippen molar-refractivity contribution in [2.45, 2.75) is 12.5 Å². The third-order valence-electron chi connectivity index (χ3n) is 5.66. The number of amides is 2. The van der Waals surface area contributed by atoms with Crippen LogP contribution >= 0.6 is 0 Å². The summed E-state index contributed by atoms with van der Waals surface area (Å²) < 4.78 is 5.17. The Kier molecular flexibility index (Phi) is 7.45. The maximum absolute atomic E-state index is 13.3. The molecule has 1 heterocycles. The number of para-hydroxylation sites is 1. The highest BCUT2D eigenvalue weighted by molar-refractivity contribution is 6.06. The van der Waals surface area contributed by atoms with E-state index in [1.807, 2.05) is 24.3 Å². The minimum Gasteiger partial charge on any atom is -0.497 e. The van der Waals surface area contributed by atoms with Crippen LogP contribution in [-0.4, -0.2) is 41.0 Å². The Hall–Kier alpha value is -4.85. The second-order valence-electron chi connectivity index (χ2n) is 8.08. The molecule has 1 aromatic heterocycles. The number of carbonyl (C=O) groups excluding carboxylic acids is 2. The summed E-state index contributed by atoms with van der Waals surface area (Å²) in [6.07, 6.45) is 3.28. The molecule has 0 aliphatic heterocycles. The van der Waals surface area contributed by atoms with E-state index in [-0.39, 0.29) is 12.1 Å². The number of hydrogen-bond donors (Lipinski definition) is 4. The summed E-state index contributed by atoms with van der Waals surface area (Å²) in [5, 5.41) is 15.9. The van der Waals surface area contributed by atoms with Crippen LogP contribution < -0.4 is 15.4 Å². The van der Waals surface area contributed by atoms with Crippen LogP contribution in [0.25, 0.3) is 17.0 Å². The molecule has 3 aromatic carbocycles. The minimum atomic E-state index is -1.22. The van der Waals surface area contributed by atoms with Gasteiger partial charge in [-0.15, -0.1) is 0 Å². The van der Waals surface area contributed by atoms with Crippen LogP contribution in [0.3, 0.4) is 0 Å². The van der Waals surface area contributed by atoms with Crippen LogP contribution in [0.2, 0.25) is 0 Å². The highest BCUT2D eigenvalue weighted by Crippen LogP contribution is 2.19. The number of rotatable bonds is 9. The topological polar surface area (TPSA) is 121 Å². The van der Waals surface area contributed by atoms with E-state index in [1.165, 1.54) is 6.08 Å². The molecule has 36 heavy (non-hydrogen) atoms. The van der Waals surface area contributed by atoms with Gasteiger partial charge >= 0.3 is 5.97 Å². The van der Waals surface area contributed by atoms with E-state index >= 15 is 0 Å². The second kappa shape index (κ2) is 11.1. The van der Waals surface area contributed by atoms with Crippen molar-refractivity contribution in [3.63, 3.8) is 0 Å². The lowest BCUT2D eigenvalue weighted by molar-refractivity contribution is -0.141. The lowest BCUT2D eigenvalue weighted by Crippen LogP contribution is -2.45. The van der Waals surface area contributed by atoms with E-state index in [1.54, 1.807) is 67.9 Å². The molecule has 2 amide bonds. The van der Waals surface area contributed by atoms with Gasteiger partial charge in [0, 0.05) is 29.1 Å². The van der Waals surface area contributed by atoms with Crippen LogP contribution in [0.15, 0.2) is 90.8 Å². The van der Waals surface area contributed by atoms with Gasteiger partial charge in [0.1, 0.15) is 17.5 Å². The standard InChI is InChI=1S/C28H25N3O5/c1-36-21-13-11-18(12-14-21)15-24(30-26(32)19-7-3-2-4-8-19)27(33)31-25(28(34)35)16-20-17-29-23-10-6-5-9-22(20)23/h2-15,17,25,29H,16H2,1H3,(H,30,32)(H,31,33)(H,34,35)/b24-15-. The Morgan fingerprint density at radius 3 is 2.36 bits per heavy atom. The van der Waals surface area contributed by atoms with Gasteiger partial charge in [-0.3, -0.25) is 9.59 Å². The molecule has 0 radical (unpaired) electrons. The Balaban J connectivity index is 1.59. The monoisotopic (exact) mass is 483 g/mol. The fraction of sp³-hybridized carbons (Fsp3) is 0.107. The van der Waals surface area contributed by atoms with Crippen molar-refractivity contribution >= 4 is 34.8 Å². The lowest BCUT2D eigenvalue weighted by atomic mass is 10.0. The molecule has 0 spiro atoms. The summed E-state index contributed by atoms with van der Waals surface area (Å²) in [6.45, 7) is 0. The molecule has 0 saturated heterocycles. The van der Waals surface area contributed by atoms with Gasteiger partial charge in [0.2, 0.25) is 0 Å². The first-order valence-electron chi connectivity index (χ1n) is 11.3. The highest BCUT2D eigenvalue weighted by atomic mass is 16.5. The van der Waals surface area contributed by atoms with Crippen LogP contribution in [0.1, 0.15) is 21.5 Å². The molecule has 8 heteroatoms. The Labute approximate surface area is 207 Å². The van der Waals surface area contributed by atoms with Gasteiger partial charge < -0.3 is 25.5 Å². The predicted octanol–water partition coefficient (Wildman–Crippen LogP) is 3.76. The fourth-order valence-electron chi connectivity index (χ4n) is 3.77. The number of carboxylic acids is 1. The molecule has 182 valence electrons. The molecule has 1 unspecified atom stereocenters. The maximum atomic E-state index is 13.3. The number of nitrogens with one attached hydrogen (secondary N) is 3. The normalized spacial score (nSPS) is 12.1. The zero-order chi connectivity index (χ0) is 25.5. The number of hydrogen-bond acceptors (Lipinski definition) is 4. The Morgan fingerprint density at radius 1 is 0.972 bits per heavy atom. The number of fused-ring (bicyclic) bond motifs is 1. The molecule has 8 nitrogen and oxygen atoms in total. The molecule has 0 aliphatic carbocycles. The van der Waals surface area contributed by atoms with E-state index in [4.69, 9.17) is 4.74 Å². The molecule has 4 rings (SSSR count). The molecule has 4 N–H and O–H groups in total. The second-order valence-corrected chi connectivity index (χ2v) is 8.08. The van der Waals surface area contributed by atoms with Crippen LogP contribution in [0, 0.1) is 0 Å². The van der Waals surface area contributed by atoms with E-state index in [0.717, 1.165) is 16.5 Å². The van der Waals surface area contributed by atoms with Gasteiger partial charge in [-0.25, -0.2) is 4.79 Å². The third-order valence-corrected chi connectivity index (χ3v) is 5.66. The maximum Gasteiger partial charge on any atom is 0.326 e. The van der Waals surface area contributed by atoms with E-state index in [9.17, 15) is 19.5 Å². The van der Waals surface area contributed by atoms with Crippen molar-refractivity contribution in [1.82, 2.24) is 15.6 Å². The van der Waals surface area contributed by atoms with Gasteiger partial charge in [-0.1, -0.05) is 48.5 Å². The summed E-state index contributed by atoms with van der Waals surface area (Å²) in [5.41, 5.74) is 2.53. The fourth-order valence-corrected chi connectivity index (χ4v) is 3.77. The first-order chi connectivity index (χ1) is 17.4. The zero-order valence-electron chi connectivity index (χ0n) is 19.5. The number of carboxylic acid groups (broad SMARTS) is 1. The summed E-state index contributed by atoms with van der Waals surface area (Å²) in [6, 6.07) is 21.6. The van der Waals surface area contributed by atoms with Crippen molar-refractivity contribution in [2.75, 3.05) is 7.11 Å². The largest absolute Gasteiger partial charge is 0.497 e. The van der Waals surface area contributed by atoms with Crippen molar-refractivity contribution < 1.29 is 24.2 Å². The van der Waals surface area contributed by atoms with Gasteiger partial charge in [-0.05, 0) is 47.5 Å². The van der Waals surface area contributed by atoms with Gasteiger partial charge in [0.05, 0.1) is 7.11 Å². The number of ether oxygens (including phenoxy) is 1. The minimum absolute atomic E-state index is 0.0630. The average molecular weight is 484 g/mol. The average Bonchev–Trinajstić information content (AvgIpc) is 3.31. The molecule has 0 fully saturated rings. The quantitative estimate of drug-likeness (QED) is 0.270. The number of H-pyrrole nitrogens is 1. The third kappa shape index (κ3) is 5.79. The number of carbonyl (C=O) groups is 3. The van der Waals surface area contributed by atoms with Crippen LogP contribution in [0.4, 0.5) is 0 Å². The summed E-state index contributed by atoms with van der Waals surface area (Å²) in [5.74, 6) is -1.76. The van der Waals surface area contributed by atoms with E-state index in [0.29, 0.717) is 16.9 Å².